The highest BCUT2D eigenvalue weighted by atomic mass is 19.1. The van der Waals surface area contributed by atoms with Gasteiger partial charge in [0.1, 0.15) is 19.0 Å². The lowest BCUT2D eigenvalue weighted by atomic mass is 10.2. The fourth-order valence-corrected chi connectivity index (χ4v) is 4.09. The SMILES string of the molecule is C=C1NC2(CC2)COc2ncc(F)cc2CN2c3nc4c1cnn4cc3OC[C@H]2C. The van der Waals surface area contributed by atoms with Gasteiger partial charge < -0.3 is 19.7 Å². The first kappa shape index (κ1) is 17.5. The van der Waals surface area contributed by atoms with Crippen molar-refractivity contribution in [2.24, 2.45) is 0 Å². The van der Waals surface area contributed by atoms with E-state index in [4.69, 9.17) is 14.5 Å². The van der Waals surface area contributed by atoms with Crippen molar-refractivity contribution in [2.45, 2.75) is 37.9 Å². The van der Waals surface area contributed by atoms with E-state index in [9.17, 15) is 4.39 Å². The lowest BCUT2D eigenvalue weighted by Gasteiger charge is -2.35. The van der Waals surface area contributed by atoms with Crippen molar-refractivity contribution in [3.8, 4) is 11.6 Å². The molecule has 30 heavy (non-hydrogen) atoms. The number of nitrogens with one attached hydrogen (secondary N) is 1. The van der Waals surface area contributed by atoms with Crippen LogP contribution in [0.15, 0.2) is 31.2 Å². The van der Waals surface area contributed by atoms with E-state index < -0.39 is 5.82 Å². The molecule has 0 radical (unpaired) electrons. The fraction of sp³-hybridized carbons (Fsp3) is 0.381. The molecule has 154 valence electrons. The van der Waals surface area contributed by atoms with Crippen molar-refractivity contribution in [3.05, 3.63) is 48.2 Å². The maximum absolute atomic E-state index is 14.1. The third-order valence-electron chi connectivity index (χ3n) is 6.04. The Hall–Kier alpha value is -3.36. The summed E-state index contributed by atoms with van der Waals surface area (Å²) in [5.41, 5.74) is 2.76. The van der Waals surface area contributed by atoms with Gasteiger partial charge in [-0.1, -0.05) is 6.58 Å². The smallest absolute Gasteiger partial charge is 0.218 e. The summed E-state index contributed by atoms with van der Waals surface area (Å²) >= 11 is 0. The van der Waals surface area contributed by atoms with Crippen LogP contribution in [0.3, 0.4) is 0 Å². The van der Waals surface area contributed by atoms with Crippen LogP contribution in [0.25, 0.3) is 11.3 Å². The van der Waals surface area contributed by atoms with Crippen molar-refractivity contribution in [1.82, 2.24) is 24.9 Å². The van der Waals surface area contributed by atoms with Crippen LogP contribution in [0.1, 0.15) is 30.9 Å². The minimum absolute atomic E-state index is 0.0381. The monoisotopic (exact) mass is 408 g/mol. The number of aromatic nitrogens is 4. The van der Waals surface area contributed by atoms with E-state index in [0.29, 0.717) is 48.4 Å². The van der Waals surface area contributed by atoms with Gasteiger partial charge in [0.25, 0.3) is 0 Å². The first-order valence-electron chi connectivity index (χ1n) is 10.0. The molecule has 0 amide bonds. The molecule has 0 unspecified atom stereocenters. The average Bonchev–Trinajstić information content (AvgIpc) is 3.35. The first-order valence-corrected chi connectivity index (χ1v) is 10.0. The fourth-order valence-electron chi connectivity index (χ4n) is 4.09. The molecule has 8 nitrogen and oxygen atoms in total. The molecule has 1 spiro atoms. The number of nitrogens with zero attached hydrogens (tertiary/aromatic N) is 5. The number of ether oxygens (including phenoxy) is 2. The molecule has 2 bridgehead atoms. The van der Waals surface area contributed by atoms with Crippen molar-refractivity contribution in [2.75, 3.05) is 18.1 Å². The summed E-state index contributed by atoms with van der Waals surface area (Å²) in [5.74, 6) is 1.37. The average molecular weight is 408 g/mol. The maximum atomic E-state index is 14.1. The summed E-state index contributed by atoms with van der Waals surface area (Å²) in [6.07, 6.45) is 6.71. The molecule has 1 aliphatic carbocycles. The molecule has 0 saturated heterocycles. The number of pyridine rings is 1. The van der Waals surface area contributed by atoms with Crippen molar-refractivity contribution >= 4 is 17.2 Å². The minimum atomic E-state index is -0.392. The quantitative estimate of drug-likeness (QED) is 0.613. The summed E-state index contributed by atoms with van der Waals surface area (Å²) in [6, 6.07) is 1.52. The molecule has 0 aromatic carbocycles. The Bertz CT molecular complexity index is 1190. The van der Waals surface area contributed by atoms with Gasteiger partial charge in [0.2, 0.25) is 5.88 Å². The predicted octanol–water partition coefficient (Wildman–Crippen LogP) is 2.54. The molecule has 3 aromatic rings. The standard InChI is InChI=1S/C21H21FN6O2/c1-12-10-29-17-9-28-18-16(7-24-28)13(2)26-21(3-4-21)11-30-20-14(5-15(22)6-23-20)8-27(12)19(17)25-18/h5-7,9,12,26H,2-4,8,10-11H2,1H3/t12-/m1/s1. The van der Waals surface area contributed by atoms with Gasteiger partial charge in [-0.05, 0) is 25.8 Å². The van der Waals surface area contributed by atoms with Gasteiger partial charge in [-0.3, -0.25) is 0 Å². The van der Waals surface area contributed by atoms with E-state index in [1.54, 1.807) is 10.7 Å². The van der Waals surface area contributed by atoms with Gasteiger partial charge in [0, 0.05) is 11.3 Å². The summed E-state index contributed by atoms with van der Waals surface area (Å²) < 4.78 is 27.8. The lowest BCUT2D eigenvalue weighted by molar-refractivity contribution is 0.249. The molecule has 3 aliphatic rings. The number of halogens is 1. The largest absolute Gasteiger partial charge is 0.486 e. The normalized spacial score (nSPS) is 21.7. The Kier molecular flexibility index (Phi) is 3.54. The predicted molar refractivity (Wildman–Crippen MR) is 108 cm³/mol. The van der Waals surface area contributed by atoms with E-state index in [0.717, 1.165) is 24.1 Å². The Morgan fingerprint density at radius 1 is 1.30 bits per heavy atom. The van der Waals surface area contributed by atoms with Crippen LogP contribution in [-0.4, -0.2) is 44.4 Å². The molecule has 2 aliphatic heterocycles. The molecule has 9 heteroatoms. The first-order chi connectivity index (χ1) is 14.5. The highest BCUT2D eigenvalue weighted by Crippen LogP contribution is 2.40. The Labute approximate surface area is 172 Å². The lowest BCUT2D eigenvalue weighted by Crippen LogP contribution is -2.41. The zero-order valence-corrected chi connectivity index (χ0v) is 16.6. The van der Waals surface area contributed by atoms with Crippen molar-refractivity contribution in [3.63, 3.8) is 0 Å². The second-order valence-corrected chi connectivity index (χ2v) is 8.33. The van der Waals surface area contributed by atoms with Crippen LogP contribution >= 0.6 is 0 Å². The molecule has 1 atom stereocenters. The highest BCUT2D eigenvalue weighted by molar-refractivity contribution is 5.75. The molecule has 6 rings (SSSR count). The molecular weight excluding hydrogens is 387 g/mol. The zero-order valence-electron chi connectivity index (χ0n) is 16.6. The number of fused-ring (bicyclic) bond motifs is 1. The number of anilines is 1. The number of hydrogen-bond donors (Lipinski definition) is 1. The van der Waals surface area contributed by atoms with Gasteiger partial charge in [-0.15, -0.1) is 0 Å². The molecule has 3 aromatic heterocycles. The van der Waals surface area contributed by atoms with Gasteiger partial charge in [-0.2, -0.15) is 5.10 Å². The third-order valence-corrected chi connectivity index (χ3v) is 6.04. The Morgan fingerprint density at radius 2 is 2.17 bits per heavy atom. The number of hydrogen-bond acceptors (Lipinski definition) is 7. The summed E-state index contributed by atoms with van der Waals surface area (Å²) in [5, 5.41) is 7.95. The van der Waals surface area contributed by atoms with Crippen LogP contribution < -0.4 is 19.7 Å². The third kappa shape index (κ3) is 2.68. The summed E-state index contributed by atoms with van der Waals surface area (Å²) in [4.78, 5) is 11.2. The number of rotatable bonds is 0. The van der Waals surface area contributed by atoms with Gasteiger partial charge in [-0.25, -0.2) is 18.9 Å². The highest BCUT2D eigenvalue weighted by Gasteiger charge is 2.44. The topological polar surface area (TPSA) is 76.8 Å². The zero-order chi connectivity index (χ0) is 20.5. The summed E-state index contributed by atoms with van der Waals surface area (Å²) in [7, 11) is 0. The maximum Gasteiger partial charge on any atom is 0.218 e. The van der Waals surface area contributed by atoms with Crippen LogP contribution in [0.4, 0.5) is 10.2 Å². The van der Waals surface area contributed by atoms with Crippen LogP contribution in [-0.2, 0) is 6.54 Å². The molecule has 1 N–H and O–H groups in total. The minimum Gasteiger partial charge on any atom is -0.486 e. The van der Waals surface area contributed by atoms with Gasteiger partial charge in [0.15, 0.2) is 17.2 Å². The van der Waals surface area contributed by atoms with E-state index >= 15 is 0 Å². The summed E-state index contributed by atoms with van der Waals surface area (Å²) in [6.45, 7) is 7.61. The van der Waals surface area contributed by atoms with E-state index in [1.807, 2.05) is 6.20 Å². The molecule has 1 saturated carbocycles. The van der Waals surface area contributed by atoms with E-state index in [2.05, 4.69) is 33.8 Å². The van der Waals surface area contributed by atoms with Crippen LogP contribution in [0.5, 0.6) is 11.6 Å². The van der Waals surface area contributed by atoms with Crippen LogP contribution in [0, 0.1) is 5.82 Å². The second kappa shape index (κ2) is 6.07. The Balaban J connectivity index is 1.55. The van der Waals surface area contributed by atoms with Gasteiger partial charge in [0.05, 0.1) is 42.3 Å². The Morgan fingerprint density at radius 3 is 3.00 bits per heavy atom. The van der Waals surface area contributed by atoms with Crippen LogP contribution in [0.2, 0.25) is 0 Å². The molecule has 5 heterocycles. The van der Waals surface area contributed by atoms with E-state index in [-0.39, 0.29) is 11.6 Å². The molecular formula is C21H21FN6O2. The second-order valence-electron chi connectivity index (χ2n) is 8.33. The van der Waals surface area contributed by atoms with Crippen molar-refractivity contribution < 1.29 is 13.9 Å². The molecule has 1 fully saturated rings. The van der Waals surface area contributed by atoms with Crippen molar-refractivity contribution in [1.29, 1.82) is 0 Å². The van der Waals surface area contributed by atoms with E-state index in [1.165, 1.54) is 12.3 Å². The van der Waals surface area contributed by atoms with Gasteiger partial charge >= 0.3 is 0 Å².